The van der Waals surface area contributed by atoms with Crippen molar-refractivity contribution >= 4 is 11.9 Å². The van der Waals surface area contributed by atoms with E-state index in [1.807, 2.05) is 31.2 Å². The molecule has 0 aliphatic rings. The Kier molecular flexibility index (Phi) is 13.1. The van der Waals surface area contributed by atoms with Gasteiger partial charge in [-0.1, -0.05) is 24.3 Å². The maximum Gasteiger partial charge on any atom is 0.414 e. The van der Waals surface area contributed by atoms with Crippen LogP contribution in [0.5, 0.6) is 11.5 Å². The van der Waals surface area contributed by atoms with E-state index in [0.29, 0.717) is 13.2 Å². The molecule has 1 atom stereocenters. The molecule has 0 radical (unpaired) electrons. The second-order valence-corrected chi connectivity index (χ2v) is 6.51. The summed E-state index contributed by atoms with van der Waals surface area (Å²) in [6.45, 7) is 4.78. The molecule has 2 rings (SSSR count). The molecule has 0 spiro atoms. The number of ether oxygens (including phenoxy) is 3. The molecule has 0 fully saturated rings. The van der Waals surface area contributed by atoms with Gasteiger partial charge in [0.25, 0.3) is 0 Å². The average Bonchev–Trinajstić information content (AvgIpc) is 2.78. The Morgan fingerprint density at radius 2 is 1.56 bits per heavy atom. The van der Waals surface area contributed by atoms with E-state index in [9.17, 15) is 4.39 Å². The van der Waals surface area contributed by atoms with Crippen molar-refractivity contribution in [2.45, 2.75) is 25.9 Å². The van der Waals surface area contributed by atoms with Crippen LogP contribution in [-0.2, 0) is 14.3 Å². The molecule has 0 saturated heterocycles. The molecular weight excluding hydrogens is 421 g/mol. The van der Waals surface area contributed by atoms with Gasteiger partial charge in [0.05, 0.1) is 12.7 Å². The van der Waals surface area contributed by atoms with Crippen LogP contribution in [0.3, 0.4) is 0 Å². The Balaban J connectivity index is 0.000000751. The first-order valence-electron chi connectivity index (χ1n) is 10.2. The fourth-order valence-corrected chi connectivity index (χ4v) is 2.71. The van der Waals surface area contributed by atoms with Gasteiger partial charge in [0.1, 0.15) is 12.4 Å². The van der Waals surface area contributed by atoms with Gasteiger partial charge in [-0.15, -0.1) is 0 Å². The minimum Gasteiger partial charge on any atom is -0.490 e. The lowest BCUT2D eigenvalue weighted by Gasteiger charge is -2.16. The van der Waals surface area contributed by atoms with E-state index in [4.69, 9.17) is 34.0 Å². The summed E-state index contributed by atoms with van der Waals surface area (Å²) in [5, 5.41) is 18.1. The average molecular weight is 451 g/mol. The normalized spacial score (nSPS) is 11.1. The van der Waals surface area contributed by atoms with Gasteiger partial charge in [-0.3, -0.25) is 0 Å². The Bertz CT molecular complexity index is 802. The molecule has 32 heavy (non-hydrogen) atoms. The van der Waals surface area contributed by atoms with Gasteiger partial charge in [0.2, 0.25) is 0 Å². The molecule has 3 N–H and O–H groups in total. The first kappa shape index (κ1) is 26.9. The Hall–Kier alpha value is -3.17. The van der Waals surface area contributed by atoms with Crippen molar-refractivity contribution in [2.75, 3.05) is 33.4 Å². The topological polar surface area (TPSA) is 114 Å². The van der Waals surface area contributed by atoms with Crippen molar-refractivity contribution in [2.24, 2.45) is 0 Å². The molecule has 8 nitrogen and oxygen atoms in total. The maximum atomic E-state index is 13.0. The van der Waals surface area contributed by atoms with Gasteiger partial charge in [-0.25, -0.2) is 14.0 Å². The molecule has 176 valence electrons. The molecule has 0 heterocycles. The minimum absolute atomic E-state index is 0.00767. The van der Waals surface area contributed by atoms with Gasteiger partial charge in [0, 0.05) is 13.7 Å². The predicted molar refractivity (Wildman–Crippen MR) is 117 cm³/mol. The molecular formula is C23H30FNO7. The second kappa shape index (κ2) is 15.6. The highest BCUT2D eigenvalue weighted by atomic mass is 19.1. The monoisotopic (exact) mass is 451 g/mol. The van der Waals surface area contributed by atoms with E-state index in [1.54, 1.807) is 19.2 Å². The summed E-state index contributed by atoms with van der Waals surface area (Å²) >= 11 is 0. The number of halogens is 1. The molecule has 1 unspecified atom stereocenters. The standard InChI is InChI=1S/C21H28FNO3.C2H2O4/c1-3-25-20-7-4-5-8-21(20)26-16-15-23-14-6-9-19(24-2)17-10-12-18(22)13-11-17;3-1(4)2(5)6/h4-5,7-8,10-13,19,23H,3,6,9,14-16H2,1-2H3;(H,3,4)(H,5,6). The van der Waals surface area contributed by atoms with Crippen LogP contribution in [0.15, 0.2) is 48.5 Å². The van der Waals surface area contributed by atoms with E-state index < -0.39 is 11.9 Å². The summed E-state index contributed by atoms with van der Waals surface area (Å²) in [6.07, 6.45) is 1.83. The number of nitrogens with one attached hydrogen (secondary N) is 1. The quantitative estimate of drug-likeness (QED) is 0.332. The first-order valence-corrected chi connectivity index (χ1v) is 10.2. The van der Waals surface area contributed by atoms with Crippen molar-refractivity contribution in [1.29, 1.82) is 0 Å². The smallest absolute Gasteiger partial charge is 0.414 e. The molecule has 0 saturated carbocycles. The van der Waals surface area contributed by atoms with E-state index in [1.165, 1.54) is 12.1 Å². The summed E-state index contributed by atoms with van der Waals surface area (Å²) in [4.78, 5) is 18.2. The zero-order valence-corrected chi connectivity index (χ0v) is 18.3. The van der Waals surface area contributed by atoms with Gasteiger partial charge < -0.3 is 29.7 Å². The fourth-order valence-electron chi connectivity index (χ4n) is 2.71. The summed E-state index contributed by atoms with van der Waals surface area (Å²) in [7, 11) is 1.69. The summed E-state index contributed by atoms with van der Waals surface area (Å²) in [5.74, 6) is -2.33. The molecule has 0 aromatic heterocycles. The third-order valence-electron chi connectivity index (χ3n) is 4.21. The second-order valence-electron chi connectivity index (χ2n) is 6.51. The first-order chi connectivity index (χ1) is 15.4. The number of carbonyl (C=O) groups is 2. The van der Waals surface area contributed by atoms with Crippen LogP contribution in [-0.4, -0.2) is 55.6 Å². The van der Waals surface area contributed by atoms with Crippen LogP contribution in [0.4, 0.5) is 4.39 Å². The van der Waals surface area contributed by atoms with Crippen LogP contribution in [0.25, 0.3) is 0 Å². The third kappa shape index (κ3) is 10.7. The van der Waals surface area contributed by atoms with Crippen LogP contribution >= 0.6 is 0 Å². The molecule has 0 bridgehead atoms. The third-order valence-corrected chi connectivity index (χ3v) is 4.21. The highest BCUT2D eigenvalue weighted by Crippen LogP contribution is 2.26. The fraction of sp³-hybridized carbons (Fsp3) is 0.391. The number of para-hydroxylation sites is 2. The van der Waals surface area contributed by atoms with E-state index in [2.05, 4.69) is 5.32 Å². The van der Waals surface area contributed by atoms with Crippen LogP contribution < -0.4 is 14.8 Å². The number of methoxy groups -OCH3 is 1. The van der Waals surface area contributed by atoms with Crippen molar-refractivity contribution in [1.82, 2.24) is 5.32 Å². The maximum absolute atomic E-state index is 13.0. The lowest BCUT2D eigenvalue weighted by atomic mass is 10.0. The number of aliphatic carboxylic acids is 2. The van der Waals surface area contributed by atoms with Crippen LogP contribution in [0.1, 0.15) is 31.4 Å². The van der Waals surface area contributed by atoms with Gasteiger partial charge >= 0.3 is 11.9 Å². The number of hydrogen-bond donors (Lipinski definition) is 3. The highest BCUT2D eigenvalue weighted by Gasteiger charge is 2.10. The van der Waals surface area contributed by atoms with Crippen LogP contribution in [0, 0.1) is 5.82 Å². The molecule has 9 heteroatoms. The Morgan fingerprint density at radius 3 is 2.09 bits per heavy atom. The van der Waals surface area contributed by atoms with E-state index >= 15 is 0 Å². The summed E-state index contributed by atoms with van der Waals surface area (Å²) < 4.78 is 29.8. The molecule has 2 aromatic rings. The number of benzene rings is 2. The Morgan fingerprint density at radius 1 is 0.969 bits per heavy atom. The lowest BCUT2D eigenvalue weighted by molar-refractivity contribution is -0.159. The number of hydrogen-bond acceptors (Lipinski definition) is 6. The molecule has 0 aliphatic heterocycles. The molecule has 0 amide bonds. The van der Waals surface area contributed by atoms with Gasteiger partial charge in [-0.05, 0) is 56.1 Å². The largest absolute Gasteiger partial charge is 0.490 e. The lowest BCUT2D eigenvalue weighted by Crippen LogP contribution is -2.22. The summed E-state index contributed by atoms with van der Waals surface area (Å²) in [6, 6.07) is 14.2. The number of rotatable bonds is 12. The minimum atomic E-state index is -1.82. The Labute approximate surface area is 186 Å². The van der Waals surface area contributed by atoms with Crippen molar-refractivity contribution in [3.8, 4) is 11.5 Å². The predicted octanol–water partition coefficient (Wildman–Crippen LogP) is 3.52. The van der Waals surface area contributed by atoms with Crippen molar-refractivity contribution in [3.05, 3.63) is 59.9 Å². The zero-order valence-electron chi connectivity index (χ0n) is 18.3. The zero-order chi connectivity index (χ0) is 23.8. The highest BCUT2D eigenvalue weighted by molar-refractivity contribution is 6.27. The molecule has 2 aromatic carbocycles. The van der Waals surface area contributed by atoms with E-state index in [0.717, 1.165) is 43.0 Å². The summed E-state index contributed by atoms with van der Waals surface area (Å²) in [5.41, 5.74) is 1.00. The van der Waals surface area contributed by atoms with Crippen LogP contribution in [0.2, 0.25) is 0 Å². The van der Waals surface area contributed by atoms with E-state index in [-0.39, 0.29) is 11.9 Å². The van der Waals surface area contributed by atoms with Crippen molar-refractivity contribution < 1.29 is 38.4 Å². The SMILES string of the molecule is CCOc1ccccc1OCCNCCCC(OC)c1ccc(F)cc1.O=C(O)C(=O)O. The van der Waals surface area contributed by atoms with Gasteiger partial charge in [-0.2, -0.15) is 0 Å². The molecule has 0 aliphatic carbocycles. The number of carboxylic acid groups (broad SMARTS) is 2. The number of carboxylic acids is 2. The van der Waals surface area contributed by atoms with Crippen molar-refractivity contribution in [3.63, 3.8) is 0 Å². The van der Waals surface area contributed by atoms with Gasteiger partial charge in [0.15, 0.2) is 11.5 Å².